The Morgan fingerprint density at radius 2 is 2.32 bits per heavy atom. The lowest BCUT2D eigenvalue weighted by molar-refractivity contribution is 0.107. The van der Waals surface area contributed by atoms with E-state index in [1.807, 2.05) is 7.05 Å². The first-order valence-electron chi connectivity index (χ1n) is 7.85. The molecule has 2 aliphatic rings. The highest BCUT2D eigenvalue weighted by molar-refractivity contribution is 7.89. The molecule has 1 aromatic heterocycles. The molecule has 2 saturated heterocycles. The summed E-state index contributed by atoms with van der Waals surface area (Å²) in [6, 6.07) is -0.0127. The SMILES string of the molecule is CN1CCN(S(=O)(=O)CC[C@H]2CCCO2)C[C@H]1c1ncc[nH]1. The zero-order valence-corrected chi connectivity index (χ0v) is 13.8. The average Bonchev–Trinajstić information content (AvgIpc) is 3.19. The lowest BCUT2D eigenvalue weighted by atomic mass is 10.2. The van der Waals surface area contributed by atoms with Gasteiger partial charge in [-0.05, 0) is 26.3 Å². The van der Waals surface area contributed by atoms with Gasteiger partial charge in [0.15, 0.2) is 0 Å². The van der Waals surface area contributed by atoms with Gasteiger partial charge < -0.3 is 9.72 Å². The molecular formula is C14H24N4O3S. The molecular weight excluding hydrogens is 304 g/mol. The Balaban J connectivity index is 1.63. The Labute approximate surface area is 131 Å². The molecule has 22 heavy (non-hydrogen) atoms. The van der Waals surface area contributed by atoms with E-state index in [4.69, 9.17) is 4.74 Å². The number of aromatic amines is 1. The highest BCUT2D eigenvalue weighted by Gasteiger charge is 2.34. The van der Waals surface area contributed by atoms with Crippen molar-refractivity contribution in [2.45, 2.75) is 31.4 Å². The van der Waals surface area contributed by atoms with Crippen molar-refractivity contribution in [3.05, 3.63) is 18.2 Å². The van der Waals surface area contributed by atoms with Gasteiger partial charge in [-0.15, -0.1) is 0 Å². The number of sulfonamides is 1. The zero-order chi connectivity index (χ0) is 15.6. The van der Waals surface area contributed by atoms with Crippen LogP contribution in [0, 0.1) is 0 Å². The second kappa shape index (κ2) is 6.66. The van der Waals surface area contributed by atoms with Crippen molar-refractivity contribution in [2.24, 2.45) is 0 Å². The van der Waals surface area contributed by atoms with Crippen molar-refractivity contribution >= 4 is 10.0 Å². The first-order valence-corrected chi connectivity index (χ1v) is 9.46. The summed E-state index contributed by atoms with van der Waals surface area (Å²) in [5.74, 6) is 0.994. The number of H-pyrrole nitrogens is 1. The Bertz CT molecular complexity index is 569. The molecule has 3 rings (SSSR count). The van der Waals surface area contributed by atoms with Crippen molar-refractivity contribution in [3.63, 3.8) is 0 Å². The van der Waals surface area contributed by atoms with E-state index in [0.29, 0.717) is 26.1 Å². The number of hydrogen-bond acceptors (Lipinski definition) is 5. The summed E-state index contributed by atoms with van der Waals surface area (Å²) in [4.78, 5) is 9.51. The van der Waals surface area contributed by atoms with Crippen molar-refractivity contribution in [1.82, 2.24) is 19.2 Å². The Morgan fingerprint density at radius 1 is 1.45 bits per heavy atom. The third-order valence-corrected chi connectivity index (χ3v) is 6.43. The van der Waals surface area contributed by atoms with Gasteiger partial charge in [-0.25, -0.2) is 13.4 Å². The molecule has 2 fully saturated rings. The molecule has 1 aromatic rings. The number of ether oxygens (including phenoxy) is 1. The molecule has 0 aliphatic carbocycles. The number of nitrogens with one attached hydrogen (secondary N) is 1. The number of piperazine rings is 1. The third kappa shape index (κ3) is 3.51. The zero-order valence-electron chi connectivity index (χ0n) is 12.9. The van der Waals surface area contributed by atoms with Crippen molar-refractivity contribution in [2.75, 3.05) is 39.0 Å². The lowest BCUT2D eigenvalue weighted by Gasteiger charge is -2.37. The highest BCUT2D eigenvalue weighted by Crippen LogP contribution is 2.24. The number of rotatable bonds is 5. The van der Waals surface area contributed by atoms with Gasteiger partial charge in [0.1, 0.15) is 5.82 Å². The molecule has 0 saturated carbocycles. The fourth-order valence-electron chi connectivity index (χ4n) is 3.14. The number of likely N-dealkylation sites (N-methyl/N-ethyl adjacent to an activating group) is 1. The van der Waals surface area contributed by atoms with Gasteiger partial charge >= 0.3 is 0 Å². The number of aromatic nitrogens is 2. The van der Waals surface area contributed by atoms with Crippen LogP contribution < -0.4 is 0 Å². The van der Waals surface area contributed by atoms with Gasteiger partial charge in [0.2, 0.25) is 10.0 Å². The maximum atomic E-state index is 12.6. The van der Waals surface area contributed by atoms with E-state index in [-0.39, 0.29) is 17.9 Å². The van der Waals surface area contributed by atoms with Crippen LogP contribution in [0.15, 0.2) is 12.4 Å². The fraction of sp³-hybridized carbons (Fsp3) is 0.786. The summed E-state index contributed by atoms with van der Waals surface area (Å²) in [5, 5.41) is 0. The standard InChI is InChI=1S/C14H24N4O3S/c1-17-7-8-18(11-13(17)14-15-5-6-16-14)22(19,20)10-4-12-3-2-9-21-12/h5-6,12-13H,2-4,7-11H2,1H3,(H,15,16)/t12-,13+/m1/s1. The first-order chi connectivity index (χ1) is 10.6. The molecule has 0 aromatic carbocycles. The summed E-state index contributed by atoms with van der Waals surface area (Å²) in [5.41, 5.74) is 0. The van der Waals surface area contributed by atoms with E-state index in [1.54, 1.807) is 16.7 Å². The second-order valence-corrected chi connectivity index (χ2v) is 8.16. The van der Waals surface area contributed by atoms with Gasteiger partial charge in [0.25, 0.3) is 0 Å². The van der Waals surface area contributed by atoms with Gasteiger partial charge in [-0.3, -0.25) is 4.90 Å². The number of hydrogen-bond donors (Lipinski definition) is 1. The minimum atomic E-state index is -3.23. The summed E-state index contributed by atoms with van der Waals surface area (Å²) in [6.07, 6.45) is 6.21. The summed E-state index contributed by atoms with van der Waals surface area (Å²) in [7, 11) is -1.23. The molecule has 8 heteroatoms. The molecule has 0 unspecified atom stereocenters. The molecule has 2 atom stereocenters. The van der Waals surface area contributed by atoms with Crippen molar-refractivity contribution < 1.29 is 13.2 Å². The Hall–Kier alpha value is -0.960. The van der Waals surface area contributed by atoms with Gasteiger partial charge in [0, 0.05) is 38.6 Å². The van der Waals surface area contributed by atoms with Crippen LogP contribution in [0.25, 0.3) is 0 Å². The van der Waals surface area contributed by atoms with E-state index in [2.05, 4.69) is 14.9 Å². The predicted octanol–water partition coefficient (Wildman–Crippen LogP) is 0.597. The Morgan fingerprint density at radius 3 is 3.00 bits per heavy atom. The maximum absolute atomic E-state index is 12.6. The quantitative estimate of drug-likeness (QED) is 0.856. The normalized spacial score (nSPS) is 28.2. The molecule has 2 aliphatic heterocycles. The average molecular weight is 328 g/mol. The molecule has 3 heterocycles. The maximum Gasteiger partial charge on any atom is 0.214 e. The van der Waals surface area contributed by atoms with Crippen molar-refractivity contribution in [1.29, 1.82) is 0 Å². The smallest absolute Gasteiger partial charge is 0.214 e. The molecule has 0 radical (unpaired) electrons. The molecule has 1 N–H and O–H groups in total. The Kier molecular flexibility index (Phi) is 4.82. The fourth-order valence-corrected chi connectivity index (χ4v) is 4.68. The molecule has 124 valence electrons. The monoisotopic (exact) mass is 328 g/mol. The third-order valence-electron chi connectivity index (χ3n) is 4.56. The summed E-state index contributed by atoms with van der Waals surface area (Å²) >= 11 is 0. The molecule has 0 amide bonds. The minimum absolute atomic E-state index is 0.0127. The lowest BCUT2D eigenvalue weighted by Crippen LogP contribution is -2.50. The summed E-state index contributed by atoms with van der Waals surface area (Å²) < 4.78 is 32.3. The minimum Gasteiger partial charge on any atom is -0.378 e. The highest BCUT2D eigenvalue weighted by atomic mass is 32.2. The number of nitrogens with zero attached hydrogens (tertiary/aromatic N) is 3. The largest absolute Gasteiger partial charge is 0.378 e. The van der Waals surface area contributed by atoms with E-state index < -0.39 is 10.0 Å². The molecule has 0 spiro atoms. The van der Waals surface area contributed by atoms with E-state index in [9.17, 15) is 8.42 Å². The van der Waals surface area contributed by atoms with Crippen LogP contribution in [0.4, 0.5) is 0 Å². The molecule has 7 nitrogen and oxygen atoms in total. The van der Waals surface area contributed by atoms with Crippen LogP contribution in [-0.4, -0.2) is 72.7 Å². The van der Waals surface area contributed by atoms with Gasteiger partial charge in [-0.2, -0.15) is 4.31 Å². The summed E-state index contributed by atoms with van der Waals surface area (Å²) in [6.45, 7) is 2.48. The van der Waals surface area contributed by atoms with Crippen LogP contribution in [0.5, 0.6) is 0 Å². The van der Waals surface area contributed by atoms with E-state index in [1.165, 1.54) is 0 Å². The molecule has 0 bridgehead atoms. The van der Waals surface area contributed by atoms with Crippen LogP contribution in [0.2, 0.25) is 0 Å². The van der Waals surface area contributed by atoms with E-state index >= 15 is 0 Å². The van der Waals surface area contributed by atoms with Crippen LogP contribution in [-0.2, 0) is 14.8 Å². The first kappa shape index (κ1) is 15.9. The second-order valence-electron chi connectivity index (χ2n) is 6.07. The van der Waals surface area contributed by atoms with Crippen LogP contribution >= 0.6 is 0 Å². The van der Waals surface area contributed by atoms with Crippen LogP contribution in [0.1, 0.15) is 31.1 Å². The van der Waals surface area contributed by atoms with Crippen molar-refractivity contribution in [3.8, 4) is 0 Å². The number of imidazole rings is 1. The van der Waals surface area contributed by atoms with Gasteiger partial charge in [-0.1, -0.05) is 0 Å². The topological polar surface area (TPSA) is 78.5 Å². The predicted molar refractivity (Wildman–Crippen MR) is 82.9 cm³/mol. The van der Waals surface area contributed by atoms with E-state index in [0.717, 1.165) is 25.3 Å². The van der Waals surface area contributed by atoms with Crippen LogP contribution in [0.3, 0.4) is 0 Å². The van der Waals surface area contributed by atoms with Gasteiger partial charge in [0.05, 0.1) is 17.9 Å².